The molecule has 0 saturated carbocycles. The molecule has 0 amide bonds. The summed E-state index contributed by atoms with van der Waals surface area (Å²) in [7, 11) is -1.98. The summed E-state index contributed by atoms with van der Waals surface area (Å²) in [6.07, 6.45) is 0.180. The van der Waals surface area contributed by atoms with Crippen LogP contribution in [0, 0.1) is 13.8 Å². The maximum Gasteiger partial charge on any atom is 0.240 e. The van der Waals surface area contributed by atoms with E-state index in [0.29, 0.717) is 30.9 Å². The van der Waals surface area contributed by atoms with Gasteiger partial charge < -0.3 is 14.2 Å². The molecule has 1 aromatic carbocycles. The summed E-state index contributed by atoms with van der Waals surface area (Å²) in [6, 6.07) is 3.35. The van der Waals surface area contributed by atoms with Crippen molar-refractivity contribution in [1.82, 2.24) is 4.72 Å². The molecule has 1 saturated heterocycles. The van der Waals surface area contributed by atoms with Gasteiger partial charge in [0.2, 0.25) is 10.0 Å². The van der Waals surface area contributed by atoms with Crippen molar-refractivity contribution in [3.8, 4) is 5.75 Å². The molecule has 1 aliphatic heterocycles. The highest BCUT2D eigenvalue weighted by molar-refractivity contribution is 7.89. The lowest BCUT2D eigenvalue weighted by Gasteiger charge is -2.14. The van der Waals surface area contributed by atoms with Crippen molar-refractivity contribution in [2.45, 2.75) is 31.5 Å². The number of aryl methyl sites for hydroxylation is 2. The maximum atomic E-state index is 12.3. The van der Waals surface area contributed by atoms with Crippen LogP contribution in [0.25, 0.3) is 0 Å². The fourth-order valence-electron chi connectivity index (χ4n) is 2.24. The molecule has 0 radical (unpaired) electrons. The van der Waals surface area contributed by atoms with E-state index in [1.165, 1.54) is 0 Å². The molecule has 21 heavy (non-hydrogen) atoms. The normalized spacial score (nSPS) is 16.3. The van der Waals surface area contributed by atoms with Crippen LogP contribution in [0.4, 0.5) is 0 Å². The zero-order valence-electron chi connectivity index (χ0n) is 12.5. The first-order valence-corrected chi connectivity index (χ1v) is 8.30. The van der Waals surface area contributed by atoms with E-state index in [2.05, 4.69) is 4.72 Å². The topological polar surface area (TPSA) is 73.9 Å². The van der Waals surface area contributed by atoms with E-state index in [4.69, 9.17) is 14.2 Å². The minimum absolute atomic E-state index is 0.272. The monoisotopic (exact) mass is 315 g/mol. The largest absolute Gasteiger partial charge is 0.496 e. The lowest BCUT2D eigenvalue weighted by molar-refractivity contribution is -0.0451. The first kappa shape index (κ1) is 16.2. The smallest absolute Gasteiger partial charge is 0.240 e. The van der Waals surface area contributed by atoms with Crippen LogP contribution in [0.1, 0.15) is 17.5 Å². The summed E-state index contributed by atoms with van der Waals surface area (Å²) in [6.45, 7) is 4.97. The van der Waals surface area contributed by atoms with Gasteiger partial charge in [-0.15, -0.1) is 0 Å². The lowest BCUT2D eigenvalue weighted by atomic mass is 10.1. The van der Waals surface area contributed by atoms with Gasteiger partial charge in [-0.05, 0) is 37.1 Å². The van der Waals surface area contributed by atoms with Crippen LogP contribution < -0.4 is 9.46 Å². The molecule has 1 aliphatic rings. The number of benzene rings is 1. The van der Waals surface area contributed by atoms with Crippen LogP contribution in [-0.4, -0.2) is 41.6 Å². The van der Waals surface area contributed by atoms with E-state index in [1.54, 1.807) is 26.2 Å². The van der Waals surface area contributed by atoms with Crippen molar-refractivity contribution in [2.75, 3.05) is 26.9 Å². The molecule has 0 unspecified atom stereocenters. The van der Waals surface area contributed by atoms with Crippen molar-refractivity contribution in [3.05, 3.63) is 23.3 Å². The number of hydrogen-bond acceptors (Lipinski definition) is 5. The Morgan fingerprint density at radius 1 is 1.24 bits per heavy atom. The number of rotatable bonds is 6. The van der Waals surface area contributed by atoms with Gasteiger partial charge in [-0.25, -0.2) is 13.1 Å². The molecular weight excluding hydrogens is 294 g/mol. The van der Waals surface area contributed by atoms with Crippen molar-refractivity contribution in [2.24, 2.45) is 0 Å². The van der Waals surface area contributed by atoms with E-state index < -0.39 is 10.0 Å². The lowest BCUT2D eigenvalue weighted by Crippen LogP contribution is -2.28. The van der Waals surface area contributed by atoms with E-state index in [0.717, 1.165) is 5.56 Å². The Hall–Kier alpha value is -1.15. The Morgan fingerprint density at radius 3 is 2.52 bits per heavy atom. The van der Waals surface area contributed by atoms with Crippen molar-refractivity contribution >= 4 is 10.0 Å². The summed E-state index contributed by atoms with van der Waals surface area (Å²) in [5.41, 5.74) is 1.43. The number of methoxy groups -OCH3 is 1. The Balaban J connectivity index is 2.06. The van der Waals surface area contributed by atoms with Gasteiger partial charge in [0.15, 0.2) is 6.29 Å². The number of sulfonamides is 1. The third-order valence-electron chi connectivity index (χ3n) is 3.34. The van der Waals surface area contributed by atoms with Crippen LogP contribution in [0.15, 0.2) is 17.0 Å². The van der Waals surface area contributed by atoms with Gasteiger partial charge in [0, 0.05) is 13.0 Å². The number of hydrogen-bond donors (Lipinski definition) is 1. The highest BCUT2D eigenvalue weighted by Crippen LogP contribution is 2.25. The van der Waals surface area contributed by atoms with Crippen LogP contribution in [-0.2, 0) is 19.5 Å². The molecule has 7 heteroatoms. The number of ether oxygens (including phenoxy) is 3. The quantitative estimate of drug-likeness (QED) is 0.858. The summed E-state index contributed by atoms with van der Waals surface area (Å²) < 4.78 is 43.0. The average molecular weight is 315 g/mol. The molecule has 118 valence electrons. The Kier molecular flexibility index (Phi) is 5.21. The molecule has 0 spiro atoms. The third-order valence-corrected chi connectivity index (χ3v) is 4.95. The molecule has 1 heterocycles. The molecule has 0 aliphatic carbocycles. The Morgan fingerprint density at radius 2 is 1.90 bits per heavy atom. The third kappa shape index (κ3) is 3.94. The first-order chi connectivity index (χ1) is 9.94. The fraction of sp³-hybridized carbons (Fsp3) is 0.571. The minimum atomic E-state index is -3.55. The summed E-state index contributed by atoms with van der Waals surface area (Å²) in [5, 5.41) is 0. The van der Waals surface area contributed by atoms with E-state index in [-0.39, 0.29) is 17.7 Å². The van der Waals surface area contributed by atoms with Crippen molar-refractivity contribution in [3.63, 3.8) is 0 Å². The van der Waals surface area contributed by atoms with Gasteiger partial charge in [-0.2, -0.15) is 0 Å². The van der Waals surface area contributed by atoms with Crippen molar-refractivity contribution < 1.29 is 22.6 Å². The van der Waals surface area contributed by atoms with E-state index in [1.807, 2.05) is 6.92 Å². The summed E-state index contributed by atoms with van der Waals surface area (Å²) in [5.74, 6) is 0.680. The fourth-order valence-corrected chi connectivity index (χ4v) is 3.59. The zero-order chi connectivity index (χ0) is 15.5. The second-order valence-electron chi connectivity index (χ2n) is 4.94. The maximum absolute atomic E-state index is 12.3. The van der Waals surface area contributed by atoms with Gasteiger partial charge in [-0.3, -0.25) is 0 Å². The predicted molar refractivity (Wildman–Crippen MR) is 78.0 cm³/mol. The second-order valence-corrected chi connectivity index (χ2v) is 6.68. The van der Waals surface area contributed by atoms with Gasteiger partial charge >= 0.3 is 0 Å². The van der Waals surface area contributed by atoms with Crippen LogP contribution in [0.3, 0.4) is 0 Å². The zero-order valence-corrected chi connectivity index (χ0v) is 13.3. The molecule has 1 fully saturated rings. The van der Waals surface area contributed by atoms with Gasteiger partial charge in [0.25, 0.3) is 0 Å². The molecule has 1 N–H and O–H groups in total. The molecule has 2 rings (SSSR count). The van der Waals surface area contributed by atoms with Gasteiger partial charge in [0.1, 0.15) is 5.75 Å². The standard InChI is InChI=1S/C14H21NO5S/c1-10-9-13(11(2)8-12(10)18-3)21(16,17)15-5-4-14-19-6-7-20-14/h8-9,14-15H,4-7H2,1-3H3. The first-order valence-electron chi connectivity index (χ1n) is 6.82. The number of nitrogens with one attached hydrogen (secondary N) is 1. The molecule has 0 aromatic heterocycles. The minimum Gasteiger partial charge on any atom is -0.496 e. The second kappa shape index (κ2) is 6.74. The SMILES string of the molecule is COc1cc(C)c(S(=O)(=O)NCCC2OCCO2)cc1C. The van der Waals surface area contributed by atoms with Crippen LogP contribution >= 0.6 is 0 Å². The van der Waals surface area contributed by atoms with E-state index >= 15 is 0 Å². The van der Waals surface area contributed by atoms with Crippen molar-refractivity contribution in [1.29, 1.82) is 0 Å². The highest BCUT2D eigenvalue weighted by Gasteiger charge is 2.20. The molecule has 1 aromatic rings. The van der Waals surface area contributed by atoms with Crippen LogP contribution in [0.5, 0.6) is 5.75 Å². The Labute approximate surface area is 125 Å². The predicted octanol–water partition coefficient (Wildman–Crippen LogP) is 1.35. The molecule has 6 nitrogen and oxygen atoms in total. The van der Waals surface area contributed by atoms with Gasteiger partial charge in [-0.1, -0.05) is 0 Å². The molecular formula is C14H21NO5S. The highest BCUT2D eigenvalue weighted by atomic mass is 32.2. The summed E-state index contributed by atoms with van der Waals surface area (Å²) in [4.78, 5) is 0.272. The summed E-state index contributed by atoms with van der Waals surface area (Å²) >= 11 is 0. The Bertz CT molecular complexity index is 594. The van der Waals surface area contributed by atoms with Gasteiger partial charge in [0.05, 0.1) is 25.2 Å². The average Bonchev–Trinajstić information content (AvgIpc) is 2.93. The molecule has 0 atom stereocenters. The van der Waals surface area contributed by atoms with E-state index in [9.17, 15) is 8.42 Å². The van der Waals surface area contributed by atoms with Crippen LogP contribution in [0.2, 0.25) is 0 Å². The molecule has 0 bridgehead atoms.